The Balaban J connectivity index is 2.99. The average molecular weight is 307 g/mol. The molecule has 0 atom stereocenters. The Hall–Kier alpha value is -2.05. The highest BCUT2D eigenvalue weighted by atomic mass is 79.9. The number of nitriles is 2. The number of halogens is 1. The number of hydrogen-bond acceptors (Lipinski definition) is 5. The van der Waals surface area contributed by atoms with E-state index in [0.717, 1.165) is 4.47 Å². The zero-order valence-corrected chi connectivity index (χ0v) is 11.5. The smallest absolute Gasteiger partial charge is 0.237 e. The topological polar surface area (TPSA) is 81.2 Å². The number of anilines is 1. The van der Waals surface area contributed by atoms with Crippen LogP contribution in [0.4, 0.5) is 5.69 Å². The number of nitrogens with one attached hydrogen (secondary N) is 1. The third-order valence-corrected chi connectivity index (χ3v) is 2.30. The molecule has 0 radical (unpaired) electrons. The Morgan fingerprint density at radius 1 is 1.39 bits per heavy atom. The SMILES string of the molecule is CC(C)Oc1cc(Br)ccc1NN=C(C#N)C#N. The van der Waals surface area contributed by atoms with Crippen LogP contribution in [0, 0.1) is 22.7 Å². The van der Waals surface area contributed by atoms with Crippen LogP contribution >= 0.6 is 15.9 Å². The van der Waals surface area contributed by atoms with Crippen LogP contribution in [0.2, 0.25) is 0 Å². The van der Waals surface area contributed by atoms with Crippen LogP contribution < -0.4 is 10.2 Å². The molecule has 1 rings (SSSR count). The van der Waals surface area contributed by atoms with Crippen LogP contribution in [-0.2, 0) is 0 Å². The fourth-order valence-corrected chi connectivity index (χ4v) is 1.47. The first-order chi connectivity index (χ1) is 8.56. The summed E-state index contributed by atoms with van der Waals surface area (Å²) in [5.74, 6) is 0.596. The summed E-state index contributed by atoms with van der Waals surface area (Å²) < 4.78 is 6.47. The van der Waals surface area contributed by atoms with Gasteiger partial charge < -0.3 is 4.74 Å². The van der Waals surface area contributed by atoms with E-state index in [1.807, 2.05) is 19.9 Å². The molecule has 0 bridgehead atoms. The van der Waals surface area contributed by atoms with Gasteiger partial charge in [-0.25, -0.2) is 0 Å². The van der Waals surface area contributed by atoms with Crippen LogP contribution in [0.3, 0.4) is 0 Å². The maximum atomic E-state index is 8.58. The van der Waals surface area contributed by atoms with Crippen molar-refractivity contribution in [3.05, 3.63) is 22.7 Å². The Kier molecular flexibility index (Phi) is 5.16. The van der Waals surface area contributed by atoms with E-state index in [1.165, 1.54) is 0 Å². The number of nitrogens with zero attached hydrogens (tertiary/aromatic N) is 3. The van der Waals surface area contributed by atoms with E-state index in [4.69, 9.17) is 15.3 Å². The summed E-state index contributed by atoms with van der Waals surface area (Å²) >= 11 is 3.35. The van der Waals surface area contributed by atoms with E-state index >= 15 is 0 Å². The Morgan fingerprint density at radius 3 is 2.61 bits per heavy atom. The van der Waals surface area contributed by atoms with Crippen molar-refractivity contribution in [3.63, 3.8) is 0 Å². The lowest BCUT2D eigenvalue weighted by Crippen LogP contribution is -2.07. The van der Waals surface area contributed by atoms with E-state index in [1.54, 1.807) is 24.3 Å². The second-order valence-corrected chi connectivity index (χ2v) is 4.52. The molecule has 0 aromatic heterocycles. The Bertz CT molecular complexity index is 524. The van der Waals surface area contributed by atoms with Crippen molar-refractivity contribution in [2.45, 2.75) is 20.0 Å². The summed E-state index contributed by atoms with van der Waals surface area (Å²) in [4.78, 5) is 0. The molecule has 0 heterocycles. The second kappa shape index (κ2) is 6.63. The predicted octanol–water partition coefficient (Wildman–Crippen LogP) is 3.05. The molecule has 1 aromatic rings. The van der Waals surface area contributed by atoms with Gasteiger partial charge in [0.05, 0.1) is 11.8 Å². The minimum atomic E-state index is -0.242. The molecular weight excluding hydrogens is 296 g/mol. The third kappa shape index (κ3) is 4.08. The molecule has 0 aliphatic heterocycles. The summed E-state index contributed by atoms with van der Waals surface area (Å²) in [6.07, 6.45) is 0.00948. The summed E-state index contributed by atoms with van der Waals surface area (Å²) in [5, 5.41) is 20.8. The minimum Gasteiger partial charge on any atom is -0.489 e. The molecule has 0 amide bonds. The molecule has 0 fully saturated rings. The molecule has 0 saturated heterocycles. The summed E-state index contributed by atoms with van der Waals surface area (Å²) in [5.41, 5.74) is 3.00. The van der Waals surface area contributed by atoms with Crippen molar-refractivity contribution < 1.29 is 4.74 Å². The van der Waals surface area contributed by atoms with Gasteiger partial charge in [-0.1, -0.05) is 15.9 Å². The zero-order valence-electron chi connectivity index (χ0n) is 9.94. The molecule has 0 aliphatic rings. The van der Waals surface area contributed by atoms with Crippen molar-refractivity contribution in [2.75, 3.05) is 5.43 Å². The largest absolute Gasteiger partial charge is 0.489 e. The molecule has 0 aliphatic carbocycles. The van der Waals surface area contributed by atoms with Crippen LogP contribution in [0.5, 0.6) is 5.75 Å². The molecule has 6 heteroatoms. The molecule has 92 valence electrons. The molecular formula is C12H11BrN4O. The fourth-order valence-electron chi connectivity index (χ4n) is 1.13. The van der Waals surface area contributed by atoms with Crippen molar-refractivity contribution in [1.82, 2.24) is 0 Å². The lowest BCUT2D eigenvalue weighted by Gasteiger charge is -2.13. The Morgan fingerprint density at radius 2 is 2.06 bits per heavy atom. The van der Waals surface area contributed by atoms with Gasteiger partial charge in [0, 0.05) is 4.47 Å². The van der Waals surface area contributed by atoms with Crippen molar-refractivity contribution >= 4 is 27.3 Å². The van der Waals surface area contributed by atoms with Gasteiger partial charge in [-0.3, -0.25) is 5.43 Å². The summed E-state index contributed by atoms with van der Waals surface area (Å²) in [6.45, 7) is 3.81. The van der Waals surface area contributed by atoms with Gasteiger partial charge in [-0.15, -0.1) is 0 Å². The maximum absolute atomic E-state index is 8.58. The number of rotatable bonds is 4. The normalized spacial score (nSPS) is 9.22. The molecule has 1 N–H and O–H groups in total. The van der Waals surface area contributed by atoms with Crippen molar-refractivity contribution in [3.8, 4) is 17.9 Å². The second-order valence-electron chi connectivity index (χ2n) is 3.60. The van der Waals surface area contributed by atoms with Gasteiger partial charge in [0.15, 0.2) is 0 Å². The quantitative estimate of drug-likeness (QED) is 0.684. The van der Waals surface area contributed by atoms with Gasteiger partial charge >= 0.3 is 0 Å². The molecule has 1 aromatic carbocycles. The van der Waals surface area contributed by atoms with Crippen LogP contribution in [0.1, 0.15) is 13.8 Å². The van der Waals surface area contributed by atoms with E-state index in [2.05, 4.69) is 26.5 Å². The molecule has 18 heavy (non-hydrogen) atoms. The monoisotopic (exact) mass is 306 g/mol. The number of hydrogen-bond donors (Lipinski definition) is 1. The standard InChI is InChI=1S/C12H11BrN4O/c1-8(2)18-12-5-9(13)3-4-11(12)17-16-10(6-14)7-15/h3-5,8,17H,1-2H3. The summed E-state index contributed by atoms with van der Waals surface area (Å²) in [7, 11) is 0. The van der Waals surface area contributed by atoms with Crippen LogP contribution in [0.15, 0.2) is 27.8 Å². The van der Waals surface area contributed by atoms with E-state index in [-0.39, 0.29) is 11.8 Å². The lowest BCUT2D eigenvalue weighted by atomic mass is 10.3. The molecule has 0 spiro atoms. The average Bonchev–Trinajstić information content (AvgIpc) is 2.32. The van der Waals surface area contributed by atoms with Crippen LogP contribution in [-0.4, -0.2) is 11.8 Å². The van der Waals surface area contributed by atoms with Gasteiger partial charge in [0.25, 0.3) is 0 Å². The first-order valence-corrected chi connectivity index (χ1v) is 5.96. The minimum absolute atomic E-state index is 0.00948. The number of hydrazone groups is 1. The van der Waals surface area contributed by atoms with Crippen molar-refractivity contribution in [1.29, 1.82) is 10.5 Å². The van der Waals surface area contributed by atoms with Gasteiger partial charge in [-0.2, -0.15) is 15.6 Å². The van der Waals surface area contributed by atoms with Gasteiger partial charge in [-0.05, 0) is 32.0 Å². The van der Waals surface area contributed by atoms with Crippen molar-refractivity contribution in [2.24, 2.45) is 5.10 Å². The number of ether oxygens (including phenoxy) is 1. The maximum Gasteiger partial charge on any atom is 0.237 e. The van der Waals surface area contributed by atoms with E-state index < -0.39 is 0 Å². The number of benzene rings is 1. The highest BCUT2D eigenvalue weighted by molar-refractivity contribution is 9.10. The van der Waals surface area contributed by atoms with E-state index in [0.29, 0.717) is 11.4 Å². The highest BCUT2D eigenvalue weighted by Crippen LogP contribution is 2.29. The molecule has 0 unspecified atom stereocenters. The lowest BCUT2D eigenvalue weighted by molar-refractivity contribution is 0.243. The Labute approximate surface area is 114 Å². The first kappa shape index (κ1) is 14.0. The third-order valence-electron chi connectivity index (χ3n) is 1.81. The van der Waals surface area contributed by atoms with Crippen LogP contribution in [0.25, 0.3) is 0 Å². The first-order valence-electron chi connectivity index (χ1n) is 5.17. The zero-order chi connectivity index (χ0) is 13.5. The summed E-state index contributed by atoms with van der Waals surface area (Å²) in [6, 6.07) is 8.68. The van der Waals surface area contributed by atoms with E-state index in [9.17, 15) is 0 Å². The predicted molar refractivity (Wildman–Crippen MR) is 72.2 cm³/mol. The van der Waals surface area contributed by atoms with Gasteiger partial charge in [0.1, 0.15) is 17.9 Å². The highest BCUT2D eigenvalue weighted by Gasteiger charge is 2.06. The fraction of sp³-hybridized carbons (Fsp3) is 0.250. The molecule has 5 nitrogen and oxygen atoms in total. The van der Waals surface area contributed by atoms with Gasteiger partial charge in [0.2, 0.25) is 5.71 Å². The molecule has 0 saturated carbocycles.